The molecule has 0 aromatic heterocycles. The average molecular weight is 228 g/mol. The Kier molecular flexibility index (Phi) is 3.10. The molecule has 0 bridgehead atoms. The van der Waals surface area contributed by atoms with Crippen molar-refractivity contribution in [3.8, 4) is 0 Å². The summed E-state index contributed by atoms with van der Waals surface area (Å²) in [6.07, 6.45) is 0.159. The van der Waals surface area contributed by atoms with E-state index in [1.807, 2.05) is 0 Å². The Hall–Kier alpha value is 0.0700. The molecule has 0 spiro atoms. The number of alkyl halides is 2. The maximum atomic E-state index is 13.1. The Balaban J connectivity index is 0.000000980. The van der Waals surface area contributed by atoms with Gasteiger partial charge in [0.2, 0.25) is 0 Å². The van der Waals surface area contributed by atoms with E-state index in [9.17, 15) is 8.78 Å². The summed E-state index contributed by atoms with van der Waals surface area (Å²) in [5.74, 6) is -3.11. The molecule has 2 aliphatic rings. The molecule has 1 atom stereocenters. The van der Waals surface area contributed by atoms with Gasteiger partial charge in [0.15, 0.2) is 0 Å². The first-order chi connectivity index (χ1) is 5.96. The maximum absolute atomic E-state index is 13.1. The van der Waals surface area contributed by atoms with Crippen molar-refractivity contribution in [1.29, 1.82) is 0 Å². The minimum Gasteiger partial charge on any atom is -0.375 e. The number of rotatable bonds is 3. The highest BCUT2D eigenvalue weighted by Crippen LogP contribution is 2.65. The SMILES string of the molecule is CC1(C)C(COC2CNC2)C1(F)F.Cl. The largest absolute Gasteiger partial charge is 0.375 e. The van der Waals surface area contributed by atoms with E-state index < -0.39 is 17.3 Å². The van der Waals surface area contributed by atoms with Crippen LogP contribution >= 0.6 is 12.4 Å². The van der Waals surface area contributed by atoms with Crippen LogP contribution in [0.3, 0.4) is 0 Å². The van der Waals surface area contributed by atoms with Gasteiger partial charge in [0.1, 0.15) is 0 Å². The smallest absolute Gasteiger partial charge is 0.259 e. The van der Waals surface area contributed by atoms with Crippen LogP contribution in [0, 0.1) is 11.3 Å². The van der Waals surface area contributed by atoms with Crippen LogP contribution in [-0.4, -0.2) is 31.7 Å². The minimum atomic E-state index is -2.52. The van der Waals surface area contributed by atoms with Crippen molar-refractivity contribution in [1.82, 2.24) is 5.32 Å². The van der Waals surface area contributed by atoms with Crippen molar-refractivity contribution in [2.24, 2.45) is 11.3 Å². The summed E-state index contributed by atoms with van der Waals surface area (Å²) in [7, 11) is 0. The predicted molar refractivity (Wildman–Crippen MR) is 52.1 cm³/mol. The number of nitrogens with one attached hydrogen (secondary N) is 1. The number of hydrogen-bond donors (Lipinski definition) is 1. The molecule has 2 rings (SSSR count). The lowest BCUT2D eigenvalue weighted by Crippen LogP contribution is -2.48. The second kappa shape index (κ2) is 3.58. The van der Waals surface area contributed by atoms with Gasteiger partial charge in [-0.3, -0.25) is 0 Å². The molecule has 1 aliphatic heterocycles. The summed E-state index contributed by atoms with van der Waals surface area (Å²) in [4.78, 5) is 0. The van der Waals surface area contributed by atoms with Crippen LogP contribution in [-0.2, 0) is 4.74 Å². The molecule has 2 nitrogen and oxygen atoms in total. The summed E-state index contributed by atoms with van der Waals surface area (Å²) in [6, 6.07) is 0. The van der Waals surface area contributed by atoms with Gasteiger partial charge in [-0.15, -0.1) is 12.4 Å². The van der Waals surface area contributed by atoms with Gasteiger partial charge >= 0.3 is 0 Å². The fourth-order valence-electron chi connectivity index (χ4n) is 1.68. The van der Waals surface area contributed by atoms with Crippen molar-refractivity contribution in [2.45, 2.75) is 25.9 Å². The Morgan fingerprint density at radius 3 is 2.14 bits per heavy atom. The van der Waals surface area contributed by atoms with Crippen LogP contribution in [0.25, 0.3) is 0 Å². The highest BCUT2D eigenvalue weighted by Gasteiger charge is 2.74. The molecule has 1 unspecified atom stereocenters. The first-order valence-electron chi connectivity index (χ1n) is 4.66. The lowest BCUT2D eigenvalue weighted by atomic mass is 10.1. The summed E-state index contributed by atoms with van der Waals surface area (Å²) < 4.78 is 31.4. The molecule has 0 aromatic carbocycles. The molecule has 0 aromatic rings. The maximum Gasteiger partial charge on any atom is 0.259 e. The zero-order valence-electron chi connectivity index (χ0n) is 8.35. The Bertz CT molecular complexity index is 205. The summed E-state index contributed by atoms with van der Waals surface area (Å²) in [5.41, 5.74) is -0.857. The normalized spacial score (nSPS) is 33.0. The highest BCUT2D eigenvalue weighted by atomic mass is 35.5. The van der Waals surface area contributed by atoms with Crippen LogP contribution in [0.1, 0.15) is 13.8 Å². The molecule has 0 radical (unpaired) electrons. The second-order valence-corrected chi connectivity index (χ2v) is 4.51. The molecule has 1 saturated carbocycles. The van der Waals surface area contributed by atoms with Gasteiger partial charge in [-0.05, 0) is 0 Å². The second-order valence-electron chi connectivity index (χ2n) is 4.51. The van der Waals surface area contributed by atoms with Crippen LogP contribution in [0.15, 0.2) is 0 Å². The van der Waals surface area contributed by atoms with E-state index in [2.05, 4.69) is 5.32 Å². The molecule has 14 heavy (non-hydrogen) atoms. The fourth-order valence-corrected chi connectivity index (χ4v) is 1.68. The third kappa shape index (κ3) is 1.64. The molecule has 0 amide bonds. The molecule has 1 N–H and O–H groups in total. The van der Waals surface area contributed by atoms with Crippen LogP contribution in [0.5, 0.6) is 0 Å². The molecule has 1 aliphatic carbocycles. The van der Waals surface area contributed by atoms with E-state index in [1.165, 1.54) is 0 Å². The van der Waals surface area contributed by atoms with Crippen molar-refractivity contribution in [3.63, 3.8) is 0 Å². The van der Waals surface area contributed by atoms with E-state index in [0.717, 1.165) is 13.1 Å². The monoisotopic (exact) mass is 227 g/mol. The van der Waals surface area contributed by atoms with E-state index in [0.29, 0.717) is 0 Å². The lowest BCUT2D eigenvalue weighted by molar-refractivity contribution is -0.00782. The van der Waals surface area contributed by atoms with E-state index >= 15 is 0 Å². The third-order valence-electron chi connectivity index (χ3n) is 3.33. The molecule has 5 heteroatoms. The first kappa shape index (κ1) is 12.1. The molecular weight excluding hydrogens is 212 g/mol. The van der Waals surface area contributed by atoms with Crippen LogP contribution in [0.2, 0.25) is 0 Å². The summed E-state index contributed by atoms with van der Waals surface area (Å²) in [5, 5.41) is 3.03. The van der Waals surface area contributed by atoms with Crippen molar-refractivity contribution in [3.05, 3.63) is 0 Å². The standard InChI is InChI=1S/C9H15F2NO.ClH/c1-8(2)7(9(8,10)11)5-13-6-3-12-4-6;/h6-7,12H,3-5H2,1-2H3;1H. The van der Waals surface area contributed by atoms with Crippen molar-refractivity contribution in [2.75, 3.05) is 19.7 Å². The van der Waals surface area contributed by atoms with Crippen molar-refractivity contribution >= 4 is 12.4 Å². The third-order valence-corrected chi connectivity index (χ3v) is 3.33. The molecule has 1 heterocycles. The number of hydrogen-bond acceptors (Lipinski definition) is 2. The van der Waals surface area contributed by atoms with Crippen LogP contribution < -0.4 is 5.32 Å². The molecule has 84 valence electrons. The highest BCUT2D eigenvalue weighted by molar-refractivity contribution is 5.85. The Morgan fingerprint density at radius 1 is 1.36 bits per heavy atom. The zero-order chi connectivity index (χ0) is 9.69. The van der Waals surface area contributed by atoms with Gasteiger partial charge in [0, 0.05) is 18.5 Å². The minimum absolute atomic E-state index is 0. The van der Waals surface area contributed by atoms with E-state index in [1.54, 1.807) is 13.8 Å². The van der Waals surface area contributed by atoms with Gasteiger partial charge < -0.3 is 10.1 Å². The van der Waals surface area contributed by atoms with E-state index in [-0.39, 0.29) is 25.1 Å². The number of ether oxygens (including phenoxy) is 1. The topological polar surface area (TPSA) is 21.3 Å². The Labute approximate surface area is 88.8 Å². The molecular formula is C9H16ClF2NO. The van der Waals surface area contributed by atoms with Crippen LogP contribution in [0.4, 0.5) is 8.78 Å². The number of halogens is 3. The average Bonchev–Trinajstić information content (AvgIpc) is 2.27. The molecule has 1 saturated heterocycles. The van der Waals surface area contributed by atoms with E-state index in [4.69, 9.17) is 4.74 Å². The van der Waals surface area contributed by atoms with Gasteiger partial charge in [-0.2, -0.15) is 0 Å². The van der Waals surface area contributed by atoms with Gasteiger partial charge in [0.05, 0.1) is 18.6 Å². The summed E-state index contributed by atoms with van der Waals surface area (Å²) >= 11 is 0. The van der Waals surface area contributed by atoms with Gasteiger partial charge in [0.25, 0.3) is 5.92 Å². The van der Waals surface area contributed by atoms with Crippen molar-refractivity contribution < 1.29 is 13.5 Å². The lowest BCUT2D eigenvalue weighted by Gasteiger charge is -2.27. The summed E-state index contributed by atoms with van der Waals surface area (Å²) in [6.45, 7) is 5.00. The van der Waals surface area contributed by atoms with Gasteiger partial charge in [-0.25, -0.2) is 8.78 Å². The first-order valence-corrected chi connectivity index (χ1v) is 4.66. The Morgan fingerprint density at radius 2 is 1.86 bits per heavy atom. The zero-order valence-corrected chi connectivity index (χ0v) is 9.16. The van der Waals surface area contributed by atoms with Gasteiger partial charge in [-0.1, -0.05) is 13.8 Å². The quantitative estimate of drug-likeness (QED) is 0.792. The molecule has 2 fully saturated rings. The predicted octanol–water partition coefficient (Wildman–Crippen LogP) is 1.69. The fraction of sp³-hybridized carbons (Fsp3) is 1.00.